The molecule has 74 valence electrons. The third-order valence-electron chi connectivity index (χ3n) is 1.49. The summed E-state index contributed by atoms with van der Waals surface area (Å²) in [5, 5.41) is 2.19. The van der Waals surface area contributed by atoms with Gasteiger partial charge in [-0.2, -0.15) is 13.2 Å². The zero-order valence-corrected chi connectivity index (χ0v) is 6.60. The van der Waals surface area contributed by atoms with Crippen LogP contribution in [0, 0.1) is 0 Å². The highest BCUT2D eigenvalue weighted by molar-refractivity contribution is 5.82. The Morgan fingerprint density at radius 3 is 2.85 bits per heavy atom. The second-order valence-corrected chi connectivity index (χ2v) is 2.50. The maximum atomic E-state index is 12.1. The van der Waals surface area contributed by atoms with Crippen molar-refractivity contribution in [2.75, 3.05) is 13.2 Å². The molecule has 1 atom stereocenters. The average molecular weight is 195 g/mol. The van der Waals surface area contributed by atoms with Gasteiger partial charge in [0.25, 0.3) is 0 Å². The first-order valence-electron chi connectivity index (χ1n) is 3.65. The molecule has 0 amide bonds. The average Bonchev–Trinajstić information content (AvgIpc) is 1.94. The molecule has 1 rings (SSSR count). The third kappa shape index (κ3) is 3.06. The van der Waals surface area contributed by atoms with Gasteiger partial charge in [-0.25, -0.2) is 4.79 Å². The van der Waals surface area contributed by atoms with Gasteiger partial charge in [-0.3, -0.25) is 5.32 Å². The molecular formula is C7H8F3NO2. The quantitative estimate of drug-likeness (QED) is 0.576. The molecule has 0 aliphatic carbocycles. The van der Waals surface area contributed by atoms with Crippen LogP contribution in [-0.2, 0) is 9.53 Å². The van der Waals surface area contributed by atoms with E-state index in [2.05, 4.69) is 10.1 Å². The van der Waals surface area contributed by atoms with Gasteiger partial charge in [0.2, 0.25) is 0 Å². The lowest BCUT2D eigenvalue weighted by atomic mass is 10.2. The van der Waals surface area contributed by atoms with Crippen LogP contribution < -0.4 is 5.32 Å². The number of hydrogen-bond acceptors (Lipinski definition) is 3. The zero-order chi connectivity index (χ0) is 9.90. The fourth-order valence-corrected chi connectivity index (χ4v) is 0.882. The van der Waals surface area contributed by atoms with Crippen LogP contribution in [0.3, 0.4) is 0 Å². The summed E-state index contributed by atoms with van der Waals surface area (Å²) < 4.78 is 40.8. The van der Waals surface area contributed by atoms with Crippen LogP contribution in [0.1, 0.15) is 0 Å². The van der Waals surface area contributed by atoms with Gasteiger partial charge >= 0.3 is 12.1 Å². The van der Waals surface area contributed by atoms with E-state index in [9.17, 15) is 18.0 Å². The van der Waals surface area contributed by atoms with Crippen molar-refractivity contribution in [3.63, 3.8) is 0 Å². The molecule has 13 heavy (non-hydrogen) atoms. The Bertz CT molecular complexity index is 224. The Kier molecular flexibility index (Phi) is 2.92. The Balaban J connectivity index is 2.68. The molecule has 1 heterocycles. The van der Waals surface area contributed by atoms with E-state index in [1.165, 1.54) is 0 Å². The lowest BCUT2D eigenvalue weighted by Crippen LogP contribution is -2.43. The maximum absolute atomic E-state index is 12.1. The van der Waals surface area contributed by atoms with E-state index < -0.39 is 18.2 Å². The summed E-state index contributed by atoms with van der Waals surface area (Å²) >= 11 is 0. The van der Waals surface area contributed by atoms with Crippen molar-refractivity contribution in [2.24, 2.45) is 0 Å². The van der Waals surface area contributed by atoms with Gasteiger partial charge in [-0.1, -0.05) is 6.08 Å². The summed E-state index contributed by atoms with van der Waals surface area (Å²) in [5.41, 5.74) is 0. The lowest BCUT2D eigenvalue weighted by molar-refractivity contribution is -0.148. The van der Waals surface area contributed by atoms with Gasteiger partial charge in [-0.05, 0) is 0 Å². The van der Waals surface area contributed by atoms with Crippen LogP contribution in [0.25, 0.3) is 0 Å². The summed E-state index contributed by atoms with van der Waals surface area (Å²) in [6.07, 6.45) is -2.83. The molecule has 3 nitrogen and oxygen atoms in total. The SMILES string of the molecule is O=C1/C=C\C(C(F)(F)F)NCCO1. The molecule has 0 radical (unpaired) electrons. The molecule has 0 bridgehead atoms. The van der Waals surface area contributed by atoms with Gasteiger partial charge in [0.15, 0.2) is 0 Å². The molecule has 1 aliphatic rings. The van der Waals surface area contributed by atoms with Crippen LogP contribution in [-0.4, -0.2) is 31.3 Å². The van der Waals surface area contributed by atoms with Gasteiger partial charge in [0.05, 0.1) is 0 Å². The van der Waals surface area contributed by atoms with Crippen molar-refractivity contribution >= 4 is 5.97 Å². The Labute approximate surface area is 72.6 Å². The topological polar surface area (TPSA) is 38.3 Å². The standard InChI is InChI=1S/C7H8F3NO2/c8-7(9,10)5-1-2-6(12)13-4-3-11-5/h1-2,5,11H,3-4H2/b2-1-. The van der Waals surface area contributed by atoms with Crippen molar-refractivity contribution in [3.8, 4) is 0 Å². The number of halogens is 3. The lowest BCUT2D eigenvalue weighted by Gasteiger charge is -2.19. The first kappa shape index (κ1) is 10.0. The summed E-state index contributed by atoms with van der Waals surface area (Å²) in [6, 6.07) is -1.76. The zero-order valence-electron chi connectivity index (χ0n) is 6.60. The first-order valence-corrected chi connectivity index (χ1v) is 3.65. The van der Waals surface area contributed by atoms with E-state index in [4.69, 9.17) is 0 Å². The van der Waals surface area contributed by atoms with Crippen LogP contribution >= 0.6 is 0 Å². The summed E-state index contributed by atoms with van der Waals surface area (Å²) in [4.78, 5) is 10.6. The first-order chi connectivity index (χ1) is 6.00. The van der Waals surface area contributed by atoms with Crippen molar-refractivity contribution in [1.82, 2.24) is 5.32 Å². The Hall–Kier alpha value is -1.04. The summed E-state index contributed by atoms with van der Waals surface area (Å²) in [5.74, 6) is -0.740. The molecule has 0 saturated carbocycles. The normalized spacial score (nSPS) is 27.3. The molecule has 0 saturated heterocycles. The third-order valence-corrected chi connectivity index (χ3v) is 1.49. The second-order valence-electron chi connectivity index (χ2n) is 2.50. The molecule has 1 aliphatic heterocycles. The number of alkyl halides is 3. The number of esters is 1. The number of carbonyl (C=O) groups is 1. The number of ether oxygens (including phenoxy) is 1. The molecule has 1 unspecified atom stereocenters. The highest BCUT2D eigenvalue weighted by Gasteiger charge is 2.37. The van der Waals surface area contributed by atoms with Crippen molar-refractivity contribution in [2.45, 2.75) is 12.2 Å². The number of nitrogens with one attached hydrogen (secondary N) is 1. The number of cyclic esters (lactones) is 1. The predicted molar refractivity (Wildman–Crippen MR) is 37.9 cm³/mol. The van der Waals surface area contributed by atoms with Crippen LogP contribution in [0.5, 0.6) is 0 Å². The van der Waals surface area contributed by atoms with Crippen LogP contribution in [0.2, 0.25) is 0 Å². The van der Waals surface area contributed by atoms with Crippen molar-refractivity contribution in [1.29, 1.82) is 0 Å². The monoisotopic (exact) mass is 195 g/mol. The molecule has 0 fully saturated rings. The minimum Gasteiger partial charge on any atom is -0.461 e. The molecule has 1 N–H and O–H groups in total. The number of hydrogen-bond donors (Lipinski definition) is 1. The highest BCUT2D eigenvalue weighted by Crippen LogP contribution is 2.21. The van der Waals surface area contributed by atoms with Crippen LogP contribution in [0.15, 0.2) is 12.2 Å². The van der Waals surface area contributed by atoms with E-state index in [0.29, 0.717) is 0 Å². The molecule has 0 spiro atoms. The van der Waals surface area contributed by atoms with E-state index >= 15 is 0 Å². The molecule has 6 heteroatoms. The number of carbonyl (C=O) groups excluding carboxylic acids is 1. The fourth-order valence-electron chi connectivity index (χ4n) is 0.882. The minimum atomic E-state index is -4.37. The Morgan fingerprint density at radius 1 is 1.54 bits per heavy atom. The highest BCUT2D eigenvalue weighted by atomic mass is 19.4. The van der Waals surface area contributed by atoms with E-state index in [1.807, 2.05) is 0 Å². The van der Waals surface area contributed by atoms with Gasteiger partial charge in [-0.15, -0.1) is 0 Å². The van der Waals surface area contributed by atoms with Gasteiger partial charge in [0, 0.05) is 12.6 Å². The summed E-state index contributed by atoms with van der Waals surface area (Å²) in [6.45, 7) is -0.0456. The fraction of sp³-hybridized carbons (Fsp3) is 0.571. The predicted octanol–water partition coefficient (Wildman–Crippen LogP) is 0.620. The van der Waals surface area contributed by atoms with E-state index in [-0.39, 0.29) is 13.2 Å². The van der Waals surface area contributed by atoms with Crippen LogP contribution in [0.4, 0.5) is 13.2 Å². The van der Waals surface area contributed by atoms with Gasteiger partial charge < -0.3 is 4.74 Å². The molecular weight excluding hydrogens is 187 g/mol. The summed E-state index contributed by atoms with van der Waals surface area (Å²) in [7, 11) is 0. The molecule has 0 aromatic rings. The molecule has 0 aromatic carbocycles. The smallest absolute Gasteiger partial charge is 0.407 e. The second kappa shape index (κ2) is 3.78. The maximum Gasteiger partial charge on any atom is 0.407 e. The van der Waals surface area contributed by atoms with Gasteiger partial charge in [0.1, 0.15) is 12.6 Å². The Morgan fingerprint density at radius 2 is 2.23 bits per heavy atom. The van der Waals surface area contributed by atoms with E-state index in [0.717, 1.165) is 12.2 Å². The van der Waals surface area contributed by atoms with Crippen molar-refractivity contribution < 1.29 is 22.7 Å². The largest absolute Gasteiger partial charge is 0.461 e. The van der Waals surface area contributed by atoms with Crippen molar-refractivity contribution in [3.05, 3.63) is 12.2 Å². The molecule has 0 aromatic heterocycles. The van der Waals surface area contributed by atoms with E-state index in [1.54, 1.807) is 0 Å². The minimum absolute atomic E-state index is 0.000255. The number of rotatable bonds is 0.